The van der Waals surface area contributed by atoms with Crippen LogP contribution in [0.4, 0.5) is 0 Å². The van der Waals surface area contributed by atoms with Gasteiger partial charge in [0, 0.05) is 30.8 Å². The van der Waals surface area contributed by atoms with Gasteiger partial charge in [0.1, 0.15) is 0 Å². The molecule has 2 N–H and O–H groups in total. The number of hydrogen-bond acceptors (Lipinski definition) is 4. The molecule has 1 aromatic rings. The first-order chi connectivity index (χ1) is 9.24. The van der Waals surface area contributed by atoms with Crippen LogP contribution in [-0.2, 0) is 0 Å². The summed E-state index contributed by atoms with van der Waals surface area (Å²) in [4.78, 5) is 16.1. The third-order valence-electron chi connectivity index (χ3n) is 3.67. The van der Waals surface area contributed by atoms with Crippen LogP contribution in [0.5, 0.6) is 5.88 Å². The van der Waals surface area contributed by atoms with Crippen LogP contribution in [-0.4, -0.2) is 35.8 Å². The monoisotopic (exact) mass is 264 g/mol. The molecule has 0 radical (unpaired) electrons. The summed E-state index contributed by atoms with van der Waals surface area (Å²) >= 11 is 0. The summed E-state index contributed by atoms with van der Waals surface area (Å²) in [5.41, 5.74) is 0.517. The van der Waals surface area contributed by atoms with Crippen molar-refractivity contribution in [2.45, 2.75) is 31.7 Å². The van der Waals surface area contributed by atoms with Crippen LogP contribution in [0, 0.1) is 5.92 Å². The maximum Gasteiger partial charge on any atom is 0.253 e. The molecule has 104 valence electrons. The van der Waals surface area contributed by atoms with Crippen molar-refractivity contribution >= 4 is 5.91 Å². The zero-order valence-corrected chi connectivity index (χ0v) is 11.1. The number of amides is 1. The topological polar surface area (TPSA) is 71.5 Å². The zero-order chi connectivity index (χ0) is 13.7. The van der Waals surface area contributed by atoms with E-state index in [0.29, 0.717) is 11.4 Å². The van der Waals surface area contributed by atoms with Gasteiger partial charge in [-0.1, -0.05) is 12.8 Å². The van der Waals surface area contributed by atoms with Gasteiger partial charge in [0.2, 0.25) is 5.88 Å². The standard InChI is InChI=1S/C14H20N2O3/c1-19-13-7-6-10(8-15-13)14(18)16-12-5-3-2-4-11(12)9-17/h6-8,11-12,17H,2-5,9H2,1H3,(H,16,18). The van der Waals surface area contributed by atoms with Crippen LogP contribution >= 0.6 is 0 Å². The van der Waals surface area contributed by atoms with Gasteiger partial charge >= 0.3 is 0 Å². The van der Waals surface area contributed by atoms with E-state index >= 15 is 0 Å². The summed E-state index contributed by atoms with van der Waals surface area (Å²) in [6.07, 6.45) is 5.64. The number of hydrogen-bond donors (Lipinski definition) is 2. The number of carbonyl (C=O) groups excluding carboxylic acids is 1. The molecule has 5 nitrogen and oxygen atoms in total. The Balaban J connectivity index is 1.98. The summed E-state index contributed by atoms with van der Waals surface area (Å²) in [7, 11) is 1.54. The molecule has 2 unspecified atom stereocenters. The minimum atomic E-state index is -0.138. The van der Waals surface area contributed by atoms with Crippen LogP contribution in [0.25, 0.3) is 0 Å². The van der Waals surface area contributed by atoms with Crippen molar-refractivity contribution in [3.8, 4) is 5.88 Å². The van der Waals surface area contributed by atoms with Crippen LogP contribution in [0.1, 0.15) is 36.0 Å². The van der Waals surface area contributed by atoms with Crippen molar-refractivity contribution < 1.29 is 14.6 Å². The molecule has 0 saturated heterocycles. The van der Waals surface area contributed by atoms with E-state index in [1.807, 2.05) is 0 Å². The maximum absolute atomic E-state index is 12.1. The molecular formula is C14H20N2O3. The fourth-order valence-electron chi connectivity index (χ4n) is 2.50. The molecule has 1 aliphatic rings. The first-order valence-electron chi connectivity index (χ1n) is 6.66. The van der Waals surface area contributed by atoms with Gasteiger partial charge in [0.15, 0.2) is 0 Å². The first kappa shape index (κ1) is 13.8. The molecule has 1 aliphatic carbocycles. The van der Waals surface area contributed by atoms with E-state index in [2.05, 4.69) is 10.3 Å². The van der Waals surface area contributed by atoms with Crippen LogP contribution in [0.15, 0.2) is 18.3 Å². The third-order valence-corrected chi connectivity index (χ3v) is 3.67. The number of nitrogens with one attached hydrogen (secondary N) is 1. The fourth-order valence-corrected chi connectivity index (χ4v) is 2.50. The summed E-state index contributed by atoms with van der Waals surface area (Å²) < 4.78 is 4.96. The van der Waals surface area contributed by atoms with Gasteiger partial charge < -0.3 is 15.2 Å². The number of pyridine rings is 1. The fraction of sp³-hybridized carbons (Fsp3) is 0.571. The normalized spacial score (nSPS) is 22.8. The summed E-state index contributed by atoms with van der Waals surface area (Å²) in [6.45, 7) is 0.131. The molecule has 2 rings (SSSR count). The Labute approximate surface area is 113 Å². The molecule has 0 bridgehead atoms. The Bertz CT molecular complexity index is 419. The highest BCUT2D eigenvalue weighted by Crippen LogP contribution is 2.24. The average molecular weight is 264 g/mol. The van der Waals surface area contributed by atoms with Gasteiger partial charge in [0.05, 0.1) is 12.7 Å². The lowest BCUT2D eigenvalue weighted by molar-refractivity contribution is 0.0872. The Morgan fingerprint density at radius 1 is 1.47 bits per heavy atom. The van der Waals surface area contributed by atoms with Crippen LogP contribution in [0.3, 0.4) is 0 Å². The molecule has 0 spiro atoms. The molecular weight excluding hydrogens is 244 g/mol. The number of carbonyl (C=O) groups is 1. The molecule has 5 heteroatoms. The molecule has 2 atom stereocenters. The lowest BCUT2D eigenvalue weighted by Gasteiger charge is -2.30. The number of aliphatic hydroxyl groups is 1. The Kier molecular flexibility index (Phi) is 4.74. The number of nitrogens with zero attached hydrogens (tertiary/aromatic N) is 1. The summed E-state index contributed by atoms with van der Waals surface area (Å²) in [5.74, 6) is 0.520. The molecule has 1 fully saturated rings. The average Bonchev–Trinajstić information content (AvgIpc) is 2.48. The van der Waals surface area contributed by atoms with E-state index in [4.69, 9.17) is 4.74 Å². The van der Waals surface area contributed by atoms with Crippen molar-refractivity contribution in [1.29, 1.82) is 0 Å². The van der Waals surface area contributed by atoms with E-state index in [0.717, 1.165) is 25.7 Å². The van der Waals surface area contributed by atoms with E-state index in [-0.39, 0.29) is 24.5 Å². The molecule has 1 aromatic heterocycles. The third kappa shape index (κ3) is 3.44. The van der Waals surface area contributed by atoms with Gasteiger partial charge in [-0.25, -0.2) is 4.98 Å². The van der Waals surface area contributed by atoms with E-state index < -0.39 is 0 Å². The van der Waals surface area contributed by atoms with E-state index in [1.54, 1.807) is 12.1 Å². The number of rotatable bonds is 4. The Hall–Kier alpha value is -1.62. The van der Waals surface area contributed by atoms with Crippen molar-refractivity contribution in [3.05, 3.63) is 23.9 Å². The second kappa shape index (κ2) is 6.52. The molecule has 0 aliphatic heterocycles. The van der Waals surface area contributed by atoms with Gasteiger partial charge in [-0.2, -0.15) is 0 Å². The van der Waals surface area contributed by atoms with Crippen LogP contribution in [0.2, 0.25) is 0 Å². The Morgan fingerprint density at radius 3 is 2.89 bits per heavy atom. The zero-order valence-electron chi connectivity index (χ0n) is 11.1. The highest BCUT2D eigenvalue weighted by atomic mass is 16.5. The second-order valence-electron chi connectivity index (χ2n) is 4.90. The highest BCUT2D eigenvalue weighted by molar-refractivity contribution is 5.94. The largest absolute Gasteiger partial charge is 0.481 e. The molecule has 1 amide bonds. The van der Waals surface area contributed by atoms with Crippen molar-refractivity contribution in [1.82, 2.24) is 10.3 Å². The quantitative estimate of drug-likeness (QED) is 0.861. The predicted octanol–water partition coefficient (Wildman–Crippen LogP) is 1.37. The summed E-state index contributed by atoms with van der Waals surface area (Å²) in [6, 6.07) is 3.42. The second-order valence-corrected chi connectivity index (χ2v) is 4.90. The minimum Gasteiger partial charge on any atom is -0.481 e. The number of methoxy groups -OCH3 is 1. The lowest BCUT2D eigenvalue weighted by atomic mass is 9.85. The van der Waals surface area contributed by atoms with Crippen molar-refractivity contribution in [2.24, 2.45) is 5.92 Å². The van der Waals surface area contributed by atoms with Gasteiger partial charge in [-0.05, 0) is 18.9 Å². The molecule has 1 heterocycles. The van der Waals surface area contributed by atoms with E-state index in [1.165, 1.54) is 13.3 Å². The Morgan fingerprint density at radius 2 is 2.26 bits per heavy atom. The van der Waals surface area contributed by atoms with Gasteiger partial charge in [-0.3, -0.25) is 4.79 Å². The minimum absolute atomic E-state index is 0.0633. The molecule has 0 aromatic carbocycles. The summed E-state index contributed by atoms with van der Waals surface area (Å²) in [5, 5.41) is 12.3. The number of ether oxygens (including phenoxy) is 1. The smallest absolute Gasteiger partial charge is 0.253 e. The molecule has 19 heavy (non-hydrogen) atoms. The van der Waals surface area contributed by atoms with E-state index in [9.17, 15) is 9.90 Å². The van der Waals surface area contributed by atoms with Crippen LogP contribution < -0.4 is 10.1 Å². The van der Waals surface area contributed by atoms with Gasteiger partial charge in [0.25, 0.3) is 5.91 Å². The van der Waals surface area contributed by atoms with Crippen molar-refractivity contribution in [2.75, 3.05) is 13.7 Å². The first-order valence-corrected chi connectivity index (χ1v) is 6.66. The number of aliphatic hydroxyl groups excluding tert-OH is 1. The molecule has 1 saturated carbocycles. The lowest BCUT2D eigenvalue weighted by Crippen LogP contribution is -2.43. The maximum atomic E-state index is 12.1. The van der Waals surface area contributed by atoms with Gasteiger partial charge in [-0.15, -0.1) is 0 Å². The number of aromatic nitrogens is 1. The highest BCUT2D eigenvalue weighted by Gasteiger charge is 2.26. The van der Waals surface area contributed by atoms with Crippen molar-refractivity contribution in [3.63, 3.8) is 0 Å². The SMILES string of the molecule is COc1ccc(C(=O)NC2CCCCC2CO)cn1. The predicted molar refractivity (Wildman–Crippen MR) is 71.1 cm³/mol.